The Hall–Kier alpha value is -1.30. The number of nitrogens with zero attached hydrogens (tertiary/aromatic N) is 2. The monoisotopic (exact) mass is 296 g/mol. The summed E-state index contributed by atoms with van der Waals surface area (Å²) in [6.45, 7) is 0.475. The molecule has 1 aliphatic rings. The molecule has 1 aromatic rings. The first-order chi connectivity index (χ1) is 9.67. The third-order valence-corrected chi connectivity index (χ3v) is 4.63. The van der Waals surface area contributed by atoms with E-state index in [0.29, 0.717) is 6.61 Å². The number of pyridine rings is 1. The van der Waals surface area contributed by atoms with Crippen LogP contribution in [0.4, 0.5) is 5.82 Å². The van der Waals surface area contributed by atoms with Gasteiger partial charge in [-0.1, -0.05) is 25.7 Å². The summed E-state index contributed by atoms with van der Waals surface area (Å²) in [5.41, 5.74) is 0.0311. The summed E-state index contributed by atoms with van der Waals surface area (Å²) >= 11 is 4.48. The lowest BCUT2D eigenvalue weighted by molar-refractivity contribution is -0.390. The Balaban J connectivity index is 2.08. The van der Waals surface area contributed by atoms with E-state index in [2.05, 4.69) is 17.6 Å². The Morgan fingerprint density at radius 2 is 2.05 bits per heavy atom. The highest BCUT2D eigenvalue weighted by atomic mass is 32.1. The van der Waals surface area contributed by atoms with Crippen molar-refractivity contribution in [2.75, 3.05) is 12.4 Å². The Bertz CT molecular complexity index is 459. The van der Waals surface area contributed by atoms with Gasteiger partial charge in [0.05, 0.1) is 6.61 Å². The molecular formula is C14H20N2O3S. The Kier molecular flexibility index (Phi) is 5.23. The summed E-state index contributed by atoms with van der Waals surface area (Å²) in [6, 6.07) is 3.26. The largest absolute Gasteiger partial charge is 0.485 e. The summed E-state index contributed by atoms with van der Waals surface area (Å²) in [5, 5.41) is 10.9. The van der Waals surface area contributed by atoms with Crippen LogP contribution in [0, 0.1) is 15.5 Å². The summed E-state index contributed by atoms with van der Waals surface area (Å²) in [5.74, 6) is 0.791. The fraction of sp³-hybridized carbons (Fsp3) is 0.643. The molecular weight excluding hydrogens is 276 g/mol. The fourth-order valence-electron chi connectivity index (χ4n) is 2.69. The van der Waals surface area contributed by atoms with Crippen LogP contribution in [0.1, 0.15) is 38.5 Å². The number of rotatable bonds is 5. The fourth-order valence-corrected chi connectivity index (χ4v) is 3.10. The lowest BCUT2D eigenvalue weighted by Gasteiger charge is -2.30. The number of ether oxygens (including phenoxy) is 1. The zero-order valence-corrected chi connectivity index (χ0v) is 12.3. The third-order valence-electron chi connectivity index (χ3n) is 3.96. The maximum Gasteiger partial charge on any atom is 0.406 e. The van der Waals surface area contributed by atoms with Gasteiger partial charge in [-0.2, -0.15) is 12.6 Å². The molecule has 0 saturated heterocycles. The average molecular weight is 296 g/mol. The van der Waals surface area contributed by atoms with Gasteiger partial charge in [-0.3, -0.25) is 0 Å². The summed E-state index contributed by atoms with van der Waals surface area (Å²) < 4.78 is 5.73. The van der Waals surface area contributed by atoms with Crippen LogP contribution in [0.5, 0.6) is 5.75 Å². The van der Waals surface area contributed by atoms with Crippen molar-refractivity contribution < 1.29 is 9.66 Å². The minimum atomic E-state index is -0.504. The van der Waals surface area contributed by atoms with Crippen molar-refractivity contribution in [3.63, 3.8) is 0 Å². The molecule has 2 rings (SSSR count). The second-order valence-electron chi connectivity index (χ2n) is 5.44. The van der Waals surface area contributed by atoms with E-state index < -0.39 is 4.92 Å². The highest BCUT2D eigenvalue weighted by Crippen LogP contribution is 2.37. The van der Waals surface area contributed by atoms with Crippen molar-refractivity contribution in [1.82, 2.24) is 4.98 Å². The first-order valence-corrected chi connectivity index (χ1v) is 7.63. The van der Waals surface area contributed by atoms with E-state index in [1.54, 1.807) is 12.1 Å². The molecule has 1 heterocycles. The van der Waals surface area contributed by atoms with Gasteiger partial charge in [0.25, 0.3) is 0 Å². The molecule has 0 bridgehead atoms. The molecule has 20 heavy (non-hydrogen) atoms. The number of nitro groups is 1. The lowest BCUT2D eigenvalue weighted by atomic mass is 9.83. The van der Waals surface area contributed by atoms with Crippen molar-refractivity contribution in [1.29, 1.82) is 0 Å². The molecule has 5 nitrogen and oxygen atoms in total. The van der Waals surface area contributed by atoms with Gasteiger partial charge in [-0.15, -0.1) is 0 Å². The van der Waals surface area contributed by atoms with E-state index in [4.69, 9.17) is 4.74 Å². The Morgan fingerprint density at radius 3 is 2.65 bits per heavy atom. The zero-order chi connectivity index (χ0) is 14.4. The van der Waals surface area contributed by atoms with Gasteiger partial charge in [0.2, 0.25) is 5.75 Å². The van der Waals surface area contributed by atoms with E-state index in [1.165, 1.54) is 31.9 Å². The molecule has 0 aliphatic heterocycles. The topological polar surface area (TPSA) is 65.3 Å². The highest BCUT2D eigenvalue weighted by Gasteiger charge is 2.31. The molecule has 0 unspecified atom stereocenters. The Morgan fingerprint density at radius 1 is 1.35 bits per heavy atom. The number of hydrogen-bond donors (Lipinski definition) is 1. The van der Waals surface area contributed by atoms with Crippen LogP contribution < -0.4 is 4.74 Å². The second-order valence-corrected chi connectivity index (χ2v) is 5.76. The van der Waals surface area contributed by atoms with Crippen LogP contribution in [-0.2, 0) is 0 Å². The van der Waals surface area contributed by atoms with Crippen LogP contribution in [0.3, 0.4) is 0 Å². The zero-order valence-electron chi connectivity index (χ0n) is 11.5. The van der Waals surface area contributed by atoms with Crippen molar-refractivity contribution in [3.05, 3.63) is 28.4 Å². The first kappa shape index (κ1) is 15.1. The predicted octanol–water partition coefficient (Wildman–Crippen LogP) is 3.64. The van der Waals surface area contributed by atoms with E-state index in [0.717, 1.165) is 18.6 Å². The molecule has 0 aromatic carbocycles. The molecule has 1 aliphatic carbocycles. The van der Waals surface area contributed by atoms with Gasteiger partial charge < -0.3 is 14.9 Å². The average Bonchev–Trinajstić information content (AvgIpc) is 2.71. The van der Waals surface area contributed by atoms with Gasteiger partial charge in [-0.25, -0.2) is 0 Å². The summed E-state index contributed by atoms with van der Waals surface area (Å²) in [7, 11) is 0. The molecule has 0 amide bonds. The normalized spacial score (nSPS) is 18.2. The van der Waals surface area contributed by atoms with Crippen LogP contribution in [-0.4, -0.2) is 22.3 Å². The Labute approximate surface area is 124 Å². The van der Waals surface area contributed by atoms with E-state index >= 15 is 0 Å². The molecule has 0 spiro atoms. The van der Waals surface area contributed by atoms with Crippen LogP contribution in [0.25, 0.3) is 0 Å². The molecule has 6 heteroatoms. The van der Waals surface area contributed by atoms with E-state index in [1.807, 2.05) is 0 Å². The summed E-state index contributed by atoms with van der Waals surface area (Å²) in [6.07, 6.45) is 8.42. The maximum absolute atomic E-state index is 10.9. The molecule has 1 saturated carbocycles. The quantitative estimate of drug-likeness (QED) is 0.390. The molecule has 0 radical (unpaired) electrons. The maximum atomic E-state index is 10.9. The third kappa shape index (κ3) is 3.62. The number of thiol groups is 1. The first-order valence-electron chi connectivity index (χ1n) is 7.00. The van der Waals surface area contributed by atoms with Crippen molar-refractivity contribution in [2.45, 2.75) is 38.5 Å². The van der Waals surface area contributed by atoms with Crippen molar-refractivity contribution in [3.8, 4) is 5.75 Å². The minimum Gasteiger partial charge on any atom is -0.485 e. The summed E-state index contributed by atoms with van der Waals surface area (Å²) in [4.78, 5) is 14.2. The minimum absolute atomic E-state index is 0.0311. The van der Waals surface area contributed by atoms with Crippen LogP contribution >= 0.6 is 12.6 Å². The van der Waals surface area contributed by atoms with Gasteiger partial charge in [-0.05, 0) is 40.6 Å². The molecule has 1 fully saturated rings. The number of aromatic nitrogens is 1. The van der Waals surface area contributed by atoms with Gasteiger partial charge in [0.15, 0.2) is 0 Å². The number of hydrogen-bond acceptors (Lipinski definition) is 5. The smallest absolute Gasteiger partial charge is 0.406 e. The lowest BCUT2D eigenvalue weighted by Crippen LogP contribution is -2.30. The SMILES string of the molecule is O=[N+]([O-])c1ncccc1OCC1(CS)CCCCCC1. The van der Waals surface area contributed by atoms with Gasteiger partial charge in [0, 0.05) is 5.41 Å². The van der Waals surface area contributed by atoms with E-state index in [9.17, 15) is 10.1 Å². The molecule has 0 atom stereocenters. The van der Waals surface area contributed by atoms with Crippen LogP contribution in [0.15, 0.2) is 18.3 Å². The van der Waals surface area contributed by atoms with Crippen molar-refractivity contribution >= 4 is 18.4 Å². The van der Waals surface area contributed by atoms with Crippen LogP contribution in [0.2, 0.25) is 0 Å². The van der Waals surface area contributed by atoms with Gasteiger partial charge in [0.1, 0.15) is 6.20 Å². The predicted molar refractivity (Wildman–Crippen MR) is 80.4 cm³/mol. The molecule has 110 valence electrons. The second kappa shape index (κ2) is 6.92. The molecule has 0 N–H and O–H groups in total. The van der Waals surface area contributed by atoms with Crippen molar-refractivity contribution in [2.24, 2.45) is 5.41 Å². The molecule has 1 aromatic heterocycles. The highest BCUT2D eigenvalue weighted by molar-refractivity contribution is 7.80. The standard InChI is InChI=1S/C14H20N2O3S/c17-16(18)13-12(6-5-9-15-13)19-10-14(11-20)7-3-1-2-4-8-14/h5-6,9,20H,1-4,7-8,10-11H2. The van der Waals surface area contributed by atoms with Gasteiger partial charge >= 0.3 is 5.82 Å². The van der Waals surface area contributed by atoms with E-state index in [-0.39, 0.29) is 17.0 Å².